The molecule has 1 aromatic rings. The lowest BCUT2D eigenvalue weighted by atomic mass is 9.89. The summed E-state index contributed by atoms with van der Waals surface area (Å²) in [6.07, 6.45) is 0.0278. The molecule has 0 saturated carbocycles. The molecule has 4 heteroatoms. The van der Waals surface area contributed by atoms with Gasteiger partial charge in [0.25, 0.3) is 5.91 Å². The van der Waals surface area contributed by atoms with Crippen LogP contribution in [-0.2, 0) is 0 Å². The highest BCUT2D eigenvalue weighted by molar-refractivity contribution is 5.95. The van der Waals surface area contributed by atoms with E-state index in [4.69, 9.17) is 0 Å². The Balaban J connectivity index is 2.56. The lowest BCUT2D eigenvalue weighted by Gasteiger charge is -2.22. The molecule has 19 heavy (non-hydrogen) atoms. The Morgan fingerprint density at radius 1 is 1.42 bits per heavy atom. The topological polar surface area (TPSA) is 49.3 Å². The molecule has 0 aromatic heterocycles. The van der Waals surface area contributed by atoms with E-state index in [1.54, 1.807) is 6.92 Å². The predicted octanol–water partition coefficient (Wildman–Crippen LogP) is 2.66. The highest BCUT2D eigenvalue weighted by Gasteiger charge is 2.18. The van der Waals surface area contributed by atoms with Gasteiger partial charge in [0.2, 0.25) is 0 Å². The second-order valence-corrected chi connectivity index (χ2v) is 6.09. The largest absolute Gasteiger partial charge is 0.391 e. The van der Waals surface area contributed by atoms with Crippen LogP contribution in [0.1, 0.15) is 43.1 Å². The van der Waals surface area contributed by atoms with E-state index in [1.165, 1.54) is 18.2 Å². The number of benzene rings is 1. The second-order valence-electron chi connectivity index (χ2n) is 6.09. The van der Waals surface area contributed by atoms with Crippen LogP contribution < -0.4 is 5.32 Å². The van der Waals surface area contributed by atoms with E-state index in [-0.39, 0.29) is 23.7 Å². The normalized spacial score (nSPS) is 13.2. The van der Waals surface area contributed by atoms with Gasteiger partial charge >= 0.3 is 0 Å². The molecule has 0 aliphatic heterocycles. The molecule has 0 heterocycles. The van der Waals surface area contributed by atoms with Crippen molar-refractivity contribution in [3.63, 3.8) is 0 Å². The van der Waals surface area contributed by atoms with E-state index in [0.29, 0.717) is 17.5 Å². The molecule has 0 aliphatic rings. The molecular weight excluding hydrogens is 245 g/mol. The molecule has 1 atom stereocenters. The van der Waals surface area contributed by atoms with Crippen molar-refractivity contribution in [1.29, 1.82) is 0 Å². The lowest BCUT2D eigenvalue weighted by Crippen LogP contribution is -2.34. The zero-order chi connectivity index (χ0) is 14.6. The maximum absolute atomic E-state index is 12.9. The SMILES string of the molecule is Cc1cc(F)ccc1C(=O)NCC(O)CC(C)(C)C. The number of halogens is 1. The smallest absolute Gasteiger partial charge is 0.251 e. The number of carbonyl (C=O) groups is 1. The Kier molecular flexibility index (Phi) is 5.06. The van der Waals surface area contributed by atoms with E-state index >= 15 is 0 Å². The van der Waals surface area contributed by atoms with Crippen LogP contribution in [0.25, 0.3) is 0 Å². The molecule has 1 rings (SSSR count). The first-order chi connectivity index (χ1) is 8.69. The molecule has 2 N–H and O–H groups in total. The number of carbonyl (C=O) groups excluding carboxylic acids is 1. The maximum Gasteiger partial charge on any atom is 0.251 e. The number of nitrogens with one attached hydrogen (secondary N) is 1. The van der Waals surface area contributed by atoms with Crippen LogP contribution in [0.4, 0.5) is 4.39 Å². The lowest BCUT2D eigenvalue weighted by molar-refractivity contribution is 0.0868. The van der Waals surface area contributed by atoms with E-state index in [2.05, 4.69) is 5.32 Å². The van der Waals surface area contributed by atoms with Crippen LogP contribution >= 0.6 is 0 Å². The minimum atomic E-state index is -0.579. The van der Waals surface area contributed by atoms with Crippen molar-refractivity contribution >= 4 is 5.91 Å². The van der Waals surface area contributed by atoms with Gasteiger partial charge in [-0.25, -0.2) is 4.39 Å². The van der Waals surface area contributed by atoms with Crippen LogP contribution in [0.3, 0.4) is 0 Å². The zero-order valence-corrected chi connectivity index (χ0v) is 12.0. The van der Waals surface area contributed by atoms with Crippen molar-refractivity contribution in [2.45, 2.75) is 40.2 Å². The van der Waals surface area contributed by atoms with Crippen molar-refractivity contribution in [3.8, 4) is 0 Å². The van der Waals surface area contributed by atoms with Gasteiger partial charge in [-0.15, -0.1) is 0 Å². The molecule has 0 aliphatic carbocycles. The summed E-state index contributed by atoms with van der Waals surface area (Å²) in [5.41, 5.74) is 1.03. The summed E-state index contributed by atoms with van der Waals surface area (Å²) in [5.74, 6) is -0.646. The van der Waals surface area contributed by atoms with Gasteiger partial charge in [0.1, 0.15) is 5.82 Å². The second kappa shape index (κ2) is 6.15. The summed E-state index contributed by atoms with van der Waals surface area (Å²) in [6.45, 7) is 7.98. The van der Waals surface area contributed by atoms with Crippen molar-refractivity contribution in [2.24, 2.45) is 5.41 Å². The Morgan fingerprint density at radius 3 is 2.58 bits per heavy atom. The van der Waals surface area contributed by atoms with Gasteiger partial charge in [-0.2, -0.15) is 0 Å². The minimum Gasteiger partial charge on any atom is -0.391 e. The molecule has 1 unspecified atom stereocenters. The van der Waals surface area contributed by atoms with Crippen LogP contribution in [-0.4, -0.2) is 23.7 Å². The molecule has 0 bridgehead atoms. The fourth-order valence-electron chi connectivity index (χ4n) is 1.97. The van der Waals surface area contributed by atoms with Crippen LogP contribution in [0.15, 0.2) is 18.2 Å². The average molecular weight is 267 g/mol. The predicted molar refractivity (Wildman–Crippen MR) is 73.5 cm³/mol. The van der Waals surface area contributed by atoms with Gasteiger partial charge in [0.05, 0.1) is 6.10 Å². The number of rotatable bonds is 4. The van der Waals surface area contributed by atoms with Crippen molar-refractivity contribution in [3.05, 3.63) is 35.1 Å². The first-order valence-electron chi connectivity index (χ1n) is 6.41. The fraction of sp³-hybridized carbons (Fsp3) is 0.533. The number of amides is 1. The number of aliphatic hydroxyl groups is 1. The van der Waals surface area contributed by atoms with Crippen molar-refractivity contribution < 1.29 is 14.3 Å². The summed E-state index contributed by atoms with van der Waals surface area (Å²) in [5, 5.41) is 12.5. The third-order valence-electron chi connectivity index (χ3n) is 2.78. The summed E-state index contributed by atoms with van der Waals surface area (Å²) < 4.78 is 12.9. The first-order valence-corrected chi connectivity index (χ1v) is 6.41. The number of hydrogen-bond acceptors (Lipinski definition) is 2. The van der Waals surface area contributed by atoms with Gasteiger partial charge in [0.15, 0.2) is 0 Å². The zero-order valence-electron chi connectivity index (χ0n) is 12.0. The molecule has 0 fully saturated rings. The monoisotopic (exact) mass is 267 g/mol. The third kappa shape index (κ3) is 5.39. The molecule has 3 nitrogen and oxygen atoms in total. The Hall–Kier alpha value is -1.42. The summed E-state index contributed by atoms with van der Waals surface area (Å²) in [4.78, 5) is 11.9. The Morgan fingerprint density at radius 2 is 2.05 bits per heavy atom. The summed E-state index contributed by atoms with van der Waals surface area (Å²) >= 11 is 0. The molecule has 0 spiro atoms. The van der Waals surface area contributed by atoms with Gasteiger partial charge in [-0.1, -0.05) is 20.8 Å². The maximum atomic E-state index is 12.9. The Labute approximate surface area is 113 Å². The average Bonchev–Trinajstić information content (AvgIpc) is 2.23. The van der Waals surface area contributed by atoms with Gasteiger partial charge in [-0.3, -0.25) is 4.79 Å². The number of aliphatic hydroxyl groups excluding tert-OH is 1. The quantitative estimate of drug-likeness (QED) is 0.881. The highest BCUT2D eigenvalue weighted by atomic mass is 19.1. The van der Waals surface area contributed by atoms with E-state index in [0.717, 1.165) is 0 Å². The summed E-state index contributed by atoms with van der Waals surface area (Å²) in [6, 6.07) is 4.03. The van der Waals surface area contributed by atoms with Crippen LogP contribution in [0.5, 0.6) is 0 Å². The van der Waals surface area contributed by atoms with Gasteiger partial charge < -0.3 is 10.4 Å². The van der Waals surface area contributed by atoms with Crippen molar-refractivity contribution in [1.82, 2.24) is 5.32 Å². The Bertz CT molecular complexity index is 452. The molecule has 1 aromatic carbocycles. The molecule has 0 saturated heterocycles. The van der Waals surface area contributed by atoms with E-state index in [1.807, 2.05) is 20.8 Å². The van der Waals surface area contributed by atoms with Crippen LogP contribution in [0, 0.1) is 18.2 Å². The summed E-state index contributed by atoms with van der Waals surface area (Å²) in [7, 11) is 0. The highest BCUT2D eigenvalue weighted by Crippen LogP contribution is 2.20. The van der Waals surface area contributed by atoms with Crippen molar-refractivity contribution in [2.75, 3.05) is 6.54 Å². The fourth-order valence-corrected chi connectivity index (χ4v) is 1.97. The van der Waals surface area contributed by atoms with E-state index < -0.39 is 6.10 Å². The standard InChI is InChI=1S/C15H22FNO2/c1-10-7-11(16)5-6-13(10)14(19)17-9-12(18)8-15(2,3)4/h5-7,12,18H,8-9H2,1-4H3,(H,17,19). The van der Waals surface area contributed by atoms with Gasteiger partial charge in [0, 0.05) is 12.1 Å². The molecule has 106 valence electrons. The van der Waals surface area contributed by atoms with E-state index in [9.17, 15) is 14.3 Å². The number of aryl methyl sites for hydroxylation is 1. The molecular formula is C15H22FNO2. The first kappa shape index (κ1) is 15.6. The minimum absolute atomic E-state index is 0.00986. The van der Waals surface area contributed by atoms with Crippen LogP contribution in [0.2, 0.25) is 0 Å². The van der Waals surface area contributed by atoms with Gasteiger partial charge in [-0.05, 0) is 42.5 Å². The third-order valence-corrected chi connectivity index (χ3v) is 2.78. The molecule has 0 radical (unpaired) electrons. The number of hydrogen-bond donors (Lipinski definition) is 2. The molecule has 1 amide bonds.